The summed E-state index contributed by atoms with van der Waals surface area (Å²) in [5.41, 5.74) is 1.45. The van der Waals surface area contributed by atoms with Crippen LogP contribution in [-0.2, 0) is 20.9 Å². The van der Waals surface area contributed by atoms with Gasteiger partial charge in [-0.1, -0.05) is 30.3 Å². The second-order valence-corrected chi connectivity index (χ2v) is 5.77. The number of Topliss-reactive ketones (excluding diaryl/α,β-unsaturated/α-hetero) is 1. The fourth-order valence-corrected chi connectivity index (χ4v) is 2.21. The van der Waals surface area contributed by atoms with Gasteiger partial charge in [0.25, 0.3) is 5.69 Å². The molecule has 0 fully saturated rings. The van der Waals surface area contributed by atoms with Gasteiger partial charge < -0.3 is 10.1 Å². The quantitative estimate of drug-likeness (QED) is 0.330. The highest BCUT2D eigenvalue weighted by atomic mass is 16.6. The van der Waals surface area contributed by atoms with Crippen molar-refractivity contribution in [1.82, 2.24) is 0 Å². The molecule has 2 aromatic carbocycles. The van der Waals surface area contributed by atoms with Crippen molar-refractivity contribution in [3.05, 3.63) is 69.8 Å². The fraction of sp³-hybridized carbons (Fsp3) is 0.211. The molecule has 0 unspecified atom stereocenters. The zero-order chi connectivity index (χ0) is 19.8. The van der Waals surface area contributed by atoms with Crippen molar-refractivity contribution in [1.29, 1.82) is 0 Å². The standard InChI is InChI=1S/C19H18N2O6/c1-13(22)15-7-5-14(6-8-15)12-27-19(24)10-9-18(23)20-16-3-2-4-17(11-16)21(25)26/h2-8,11H,9-10,12H2,1H3,(H,20,23). The Bertz CT molecular complexity index is 861. The van der Waals surface area contributed by atoms with E-state index in [9.17, 15) is 24.5 Å². The third kappa shape index (κ3) is 6.35. The minimum atomic E-state index is -0.560. The second kappa shape index (κ2) is 9.23. The number of hydrogen-bond acceptors (Lipinski definition) is 6. The van der Waals surface area contributed by atoms with Gasteiger partial charge in [0, 0.05) is 29.8 Å². The van der Waals surface area contributed by atoms with Gasteiger partial charge in [-0.2, -0.15) is 0 Å². The minimum absolute atomic E-state index is 0.0452. The van der Waals surface area contributed by atoms with Crippen LogP contribution in [0.2, 0.25) is 0 Å². The number of amides is 1. The average Bonchev–Trinajstić information content (AvgIpc) is 2.65. The maximum atomic E-state index is 11.9. The first-order valence-electron chi connectivity index (χ1n) is 8.15. The highest BCUT2D eigenvalue weighted by Gasteiger charge is 2.11. The first-order chi connectivity index (χ1) is 12.8. The molecule has 0 heterocycles. The number of benzene rings is 2. The Hall–Kier alpha value is -3.55. The lowest BCUT2D eigenvalue weighted by Gasteiger charge is -2.07. The molecule has 0 saturated heterocycles. The van der Waals surface area contributed by atoms with Crippen molar-refractivity contribution >= 4 is 29.0 Å². The number of nitro benzene ring substituents is 1. The molecule has 8 heteroatoms. The third-order valence-corrected chi connectivity index (χ3v) is 3.66. The molecule has 0 spiro atoms. The molecule has 0 aromatic heterocycles. The van der Waals surface area contributed by atoms with Crippen molar-refractivity contribution in [3.63, 3.8) is 0 Å². The first kappa shape index (κ1) is 19.8. The van der Waals surface area contributed by atoms with E-state index in [1.54, 1.807) is 24.3 Å². The number of hydrogen-bond donors (Lipinski definition) is 1. The Balaban J connectivity index is 1.76. The minimum Gasteiger partial charge on any atom is -0.461 e. The molecule has 0 aliphatic carbocycles. The summed E-state index contributed by atoms with van der Waals surface area (Å²) in [4.78, 5) is 44.9. The van der Waals surface area contributed by atoms with Gasteiger partial charge in [0.2, 0.25) is 5.91 Å². The van der Waals surface area contributed by atoms with Crippen molar-refractivity contribution in [2.45, 2.75) is 26.4 Å². The normalized spacial score (nSPS) is 10.1. The van der Waals surface area contributed by atoms with Crippen LogP contribution in [-0.4, -0.2) is 22.6 Å². The molecule has 0 saturated carbocycles. The monoisotopic (exact) mass is 370 g/mol. The molecule has 0 radical (unpaired) electrons. The molecule has 1 amide bonds. The van der Waals surface area contributed by atoms with E-state index in [1.807, 2.05) is 0 Å². The van der Waals surface area contributed by atoms with Crippen LogP contribution in [0.15, 0.2) is 48.5 Å². The number of nitrogens with zero attached hydrogens (tertiary/aromatic N) is 1. The molecule has 27 heavy (non-hydrogen) atoms. The summed E-state index contributed by atoms with van der Waals surface area (Å²) >= 11 is 0. The molecular weight excluding hydrogens is 352 g/mol. The van der Waals surface area contributed by atoms with E-state index < -0.39 is 16.8 Å². The van der Waals surface area contributed by atoms with Crippen LogP contribution in [0.4, 0.5) is 11.4 Å². The highest BCUT2D eigenvalue weighted by Crippen LogP contribution is 2.17. The van der Waals surface area contributed by atoms with E-state index in [2.05, 4.69) is 5.32 Å². The lowest BCUT2D eigenvalue weighted by atomic mass is 10.1. The Labute approximate surface area is 155 Å². The molecule has 0 atom stereocenters. The number of nitro groups is 1. The summed E-state index contributed by atoms with van der Waals surface area (Å²) in [6.45, 7) is 1.51. The largest absolute Gasteiger partial charge is 0.461 e. The van der Waals surface area contributed by atoms with Crippen molar-refractivity contribution < 1.29 is 24.0 Å². The van der Waals surface area contributed by atoms with Crippen molar-refractivity contribution in [3.8, 4) is 0 Å². The Morgan fingerprint density at radius 1 is 1.07 bits per heavy atom. The molecule has 2 aromatic rings. The zero-order valence-corrected chi connectivity index (χ0v) is 14.6. The summed E-state index contributed by atoms with van der Waals surface area (Å²) in [5.74, 6) is -1.04. The molecular formula is C19H18N2O6. The number of carbonyl (C=O) groups is 3. The molecule has 0 aliphatic rings. The Morgan fingerprint density at radius 2 is 1.78 bits per heavy atom. The van der Waals surface area contributed by atoms with Crippen molar-refractivity contribution in [2.24, 2.45) is 0 Å². The molecule has 140 valence electrons. The lowest BCUT2D eigenvalue weighted by molar-refractivity contribution is -0.384. The van der Waals surface area contributed by atoms with Gasteiger partial charge in [-0.25, -0.2) is 0 Å². The number of ether oxygens (including phenoxy) is 1. The van der Waals surface area contributed by atoms with Crippen LogP contribution in [0, 0.1) is 10.1 Å². The average molecular weight is 370 g/mol. The molecule has 0 bridgehead atoms. The highest BCUT2D eigenvalue weighted by molar-refractivity contribution is 5.94. The number of anilines is 1. The predicted molar refractivity (Wildman–Crippen MR) is 97.2 cm³/mol. The number of ketones is 1. The SMILES string of the molecule is CC(=O)c1ccc(COC(=O)CCC(=O)Nc2cccc([N+](=O)[O-])c2)cc1. The third-order valence-electron chi connectivity index (χ3n) is 3.66. The van der Waals surface area contributed by atoms with E-state index in [0.717, 1.165) is 5.56 Å². The Kier molecular flexibility index (Phi) is 6.76. The van der Waals surface area contributed by atoms with E-state index >= 15 is 0 Å². The van der Waals surface area contributed by atoms with Gasteiger partial charge in [-0.05, 0) is 18.6 Å². The van der Waals surface area contributed by atoms with E-state index in [1.165, 1.54) is 31.2 Å². The number of non-ortho nitro benzene ring substituents is 1. The van der Waals surface area contributed by atoms with E-state index in [-0.39, 0.29) is 36.6 Å². The van der Waals surface area contributed by atoms with Crippen LogP contribution < -0.4 is 5.32 Å². The number of carbonyl (C=O) groups excluding carboxylic acids is 3. The smallest absolute Gasteiger partial charge is 0.306 e. The van der Waals surface area contributed by atoms with Crippen molar-refractivity contribution in [2.75, 3.05) is 5.32 Å². The topological polar surface area (TPSA) is 116 Å². The van der Waals surface area contributed by atoms with Gasteiger partial charge in [-0.3, -0.25) is 24.5 Å². The fourth-order valence-electron chi connectivity index (χ4n) is 2.21. The summed E-state index contributed by atoms with van der Waals surface area (Å²) in [6, 6.07) is 12.2. The Morgan fingerprint density at radius 3 is 2.41 bits per heavy atom. The summed E-state index contributed by atoms with van der Waals surface area (Å²) < 4.78 is 5.09. The van der Waals surface area contributed by atoms with Gasteiger partial charge in [0.15, 0.2) is 5.78 Å². The van der Waals surface area contributed by atoms with E-state index in [0.29, 0.717) is 5.56 Å². The lowest BCUT2D eigenvalue weighted by Crippen LogP contribution is -2.14. The molecule has 1 N–H and O–H groups in total. The maximum absolute atomic E-state index is 11.9. The van der Waals surface area contributed by atoms with E-state index in [4.69, 9.17) is 4.74 Å². The van der Waals surface area contributed by atoms with Crippen LogP contribution in [0.3, 0.4) is 0 Å². The van der Waals surface area contributed by atoms with Crippen LogP contribution in [0.1, 0.15) is 35.7 Å². The van der Waals surface area contributed by atoms with Gasteiger partial charge in [-0.15, -0.1) is 0 Å². The second-order valence-electron chi connectivity index (χ2n) is 5.77. The number of rotatable bonds is 8. The predicted octanol–water partition coefficient (Wildman–Crippen LogP) is 3.26. The van der Waals surface area contributed by atoms with Crippen LogP contribution >= 0.6 is 0 Å². The summed E-state index contributed by atoms with van der Waals surface area (Å²) in [5, 5.41) is 13.2. The zero-order valence-electron chi connectivity index (χ0n) is 14.6. The van der Waals surface area contributed by atoms with Gasteiger partial charge in [0.05, 0.1) is 11.3 Å². The summed E-state index contributed by atoms with van der Waals surface area (Å²) in [6.07, 6.45) is -0.225. The number of nitrogens with one attached hydrogen (secondary N) is 1. The maximum Gasteiger partial charge on any atom is 0.306 e. The van der Waals surface area contributed by atoms with Gasteiger partial charge in [0.1, 0.15) is 6.61 Å². The van der Waals surface area contributed by atoms with Crippen LogP contribution in [0.25, 0.3) is 0 Å². The first-order valence-corrected chi connectivity index (χ1v) is 8.15. The van der Waals surface area contributed by atoms with Gasteiger partial charge >= 0.3 is 5.97 Å². The number of esters is 1. The molecule has 0 aliphatic heterocycles. The van der Waals surface area contributed by atoms with Crippen LogP contribution in [0.5, 0.6) is 0 Å². The molecule has 2 rings (SSSR count). The molecule has 8 nitrogen and oxygen atoms in total. The summed E-state index contributed by atoms with van der Waals surface area (Å²) in [7, 11) is 0.